The zero-order valence-electron chi connectivity index (χ0n) is 11.6. The fourth-order valence-corrected chi connectivity index (χ4v) is 3.76. The molecule has 0 atom stereocenters. The summed E-state index contributed by atoms with van der Waals surface area (Å²) in [5.41, 5.74) is 5.50. The Kier molecular flexibility index (Phi) is 4.43. The molecule has 1 fully saturated rings. The number of nitrogens with zero attached hydrogens (tertiary/aromatic N) is 4. The Hall–Kier alpha value is -1.03. The van der Waals surface area contributed by atoms with E-state index in [9.17, 15) is 8.42 Å². The van der Waals surface area contributed by atoms with Crippen molar-refractivity contribution < 1.29 is 8.42 Å². The van der Waals surface area contributed by atoms with Crippen molar-refractivity contribution in [3.63, 3.8) is 0 Å². The van der Waals surface area contributed by atoms with Gasteiger partial charge >= 0.3 is 0 Å². The molecule has 0 bridgehead atoms. The van der Waals surface area contributed by atoms with Crippen LogP contribution in [0.3, 0.4) is 0 Å². The molecule has 2 heterocycles. The van der Waals surface area contributed by atoms with Gasteiger partial charge in [0.25, 0.3) is 10.0 Å². The van der Waals surface area contributed by atoms with Gasteiger partial charge in [0.15, 0.2) is 5.03 Å². The van der Waals surface area contributed by atoms with Gasteiger partial charge in [-0.15, -0.1) is 0 Å². The first kappa shape index (κ1) is 15.4. The van der Waals surface area contributed by atoms with Crippen LogP contribution in [-0.4, -0.2) is 64.9 Å². The minimum Gasteiger partial charge on any atom is -0.392 e. The highest BCUT2D eigenvalue weighted by atomic mass is 32.2. The second kappa shape index (κ2) is 5.76. The number of aromatic nitrogens is 2. The molecule has 2 N–H and O–H groups in total. The molecule has 9 heteroatoms. The van der Waals surface area contributed by atoms with Crippen LogP contribution in [-0.2, 0) is 17.1 Å². The van der Waals surface area contributed by atoms with E-state index in [0.29, 0.717) is 43.5 Å². The monoisotopic (exact) mass is 317 g/mol. The van der Waals surface area contributed by atoms with Gasteiger partial charge in [-0.1, -0.05) is 12.2 Å². The SMILES string of the molecule is Cc1nc(S(=O)(=O)N2CCN(CC(N)=S)CC2)cn1C. The molecule has 0 aliphatic carbocycles. The van der Waals surface area contributed by atoms with Gasteiger partial charge in [0, 0.05) is 46.0 Å². The number of nitrogens with two attached hydrogens (primary N) is 1. The number of piperazine rings is 1. The van der Waals surface area contributed by atoms with Crippen molar-refractivity contribution in [2.45, 2.75) is 11.9 Å². The Morgan fingerprint density at radius 3 is 2.45 bits per heavy atom. The van der Waals surface area contributed by atoms with Crippen LogP contribution < -0.4 is 5.73 Å². The summed E-state index contributed by atoms with van der Waals surface area (Å²) in [7, 11) is -1.73. The number of sulfonamides is 1. The lowest BCUT2D eigenvalue weighted by Crippen LogP contribution is -2.50. The second-order valence-electron chi connectivity index (χ2n) is 4.88. The van der Waals surface area contributed by atoms with Crippen molar-refractivity contribution >= 4 is 27.2 Å². The first-order chi connectivity index (χ1) is 9.30. The van der Waals surface area contributed by atoms with Crippen molar-refractivity contribution in [3.8, 4) is 0 Å². The van der Waals surface area contributed by atoms with Crippen LogP contribution in [0.4, 0.5) is 0 Å². The van der Waals surface area contributed by atoms with Crippen molar-refractivity contribution in [2.75, 3.05) is 32.7 Å². The molecule has 0 spiro atoms. The van der Waals surface area contributed by atoms with Crippen LogP contribution >= 0.6 is 12.2 Å². The van der Waals surface area contributed by atoms with Gasteiger partial charge in [0.2, 0.25) is 0 Å². The molecular formula is C11H19N5O2S2. The lowest BCUT2D eigenvalue weighted by atomic mass is 10.3. The van der Waals surface area contributed by atoms with E-state index in [2.05, 4.69) is 9.88 Å². The number of rotatable bonds is 4. The van der Waals surface area contributed by atoms with Crippen molar-refractivity contribution in [2.24, 2.45) is 12.8 Å². The lowest BCUT2D eigenvalue weighted by molar-refractivity contribution is 0.209. The molecule has 20 heavy (non-hydrogen) atoms. The summed E-state index contributed by atoms with van der Waals surface area (Å²) in [5, 5.41) is 0.111. The van der Waals surface area contributed by atoms with E-state index in [1.54, 1.807) is 24.7 Å². The Morgan fingerprint density at radius 2 is 2.00 bits per heavy atom. The largest absolute Gasteiger partial charge is 0.392 e. The molecule has 1 aromatic heterocycles. The molecule has 1 aliphatic rings. The molecule has 7 nitrogen and oxygen atoms in total. The molecule has 1 aromatic rings. The van der Waals surface area contributed by atoms with Gasteiger partial charge in [-0.2, -0.15) is 4.31 Å². The summed E-state index contributed by atoms with van der Waals surface area (Å²) in [5.74, 6) is 0.677. The van der Waals surface area contributed by atoms with E-state index >= 15 is 0 Å². The predicted octanol–water partition coefficient (Wildman–Crippen LogP) is -0.679. The topological polar surface area (TPSA) is 84.5 Å². The maximum absolute atomic E-state index is 12.5. The summed E-state index contributed by atoms with van der Waals surface area (Å²) >= 11 is 4.86. The van der Waals surface area contributed by atoms with Crippen molar-refractivity contribution in [1.82, 2.24) is 18.8 Å². The normalized spacial score (nSPS) is 18.3. The van der Waals surface area contributed by atoms with Crippen molar-refractivity contribution in [3.05, 3.63) is 12.0 Å². The number of aryl methyl sites for hydroxylation is 2. The quantitative estimate of drug-likeness (QED) is 0.741. The van der Waals surface area contributed by atoms with Gasteiger partial charge in [0.05, 0.1) is 4.99 Å². The molecule has 0 unspecified atom stereocenters. The van der Waals surface area contributed by atoms with E-state index in [4.69, 9.17) is 18.0 Å². The first-order valence-electron chi connectivity index (χ1n) is 6.31. The standard InChI is InChI=1S/C11H19N5O2S2/c1-9-13-11(8-14(9)2)20(17,18)16-5-3-15(4-6-16)7-10(12)19/h8H,3-7H2,1-2H3,(H2,12,19). The van der Waals surface area contributed by atoms with E-state index < -0.39 is 10.0 Å². The molecular weight excluding hydrogens is 298 g/mol. The lowest BCUT2D eigenvalue weighted by Gasteiger charge is -2.33. The highest BCUT2D eigenvalue weighted by Gasteiger charge is 2.30. The average Bonchev–Trinajstić information content (AvgIpc) is 2.70. The molecule has 1 saturated heterocycles. The predicted molar refractivity (Wildman–Crippen MR) is 79.9 cm³/mol. The Morgan fingerprint density at radius 1 is 1.40 bits per heavy atom. The smallest absolute Gasteiger partial charge is 0.262 e. The number of imidazole rings is 1. The fourth-order valence-electron chi connectivity index (χ4n) is 2.13. The fraction of sp³-hybridized carbons (Fsp3) is 0.636. The maximum atomic E-state index is 12.5. The number of hydrogen-bond donors (Lipinski definition) is 1. The van der Waals surface area contributed by atoms with Gasteiger partial charge in [-0.3, -0.25) is 4.90 Å². The van der Waals surface area contributed by atoms with Crippen LogP contribution in [0.5, 0.6) is 0 Å². The van der Waals surface area contributed by atoms with Crippen LogP contribution in [0.2, 0.25) is 0 Å². The molecule has 0 aromatic carbocycles. The summed E-state index contributed by atoms with van der Waals surface area (Å²) in [6, 6.07) is 0. The second-order valence-corrected chi connectivity index (χ2v) is 7.29. The first-order valence-corrected chi connectivity index (χ1v) is 8.16. The molecule has 112 valence electrons. The van der Waals surface area contributed by atoms with Gasteiger partial charge in [0.1, 0.15) is 5.82 Å². The molecule has 2 rings (SSSR count). The Balaban J connectivity index is 2.07. The van der Waals surface area contributed by atoms with Crippen LogP contribution in [0.25, 0.3) is 0 Å². The van der Waals surface area contributed by atoms with Crippen LogP contribution in [0.15, 0.2) is 11.2 Å². The van der Waals surface area contributed by atoms with Gasteiger partial charge < -0.3 is 10.3 Å². The third-order valence-corrected chi connectivity index (χ3v) is 5.30. The summed E-state index contributed by atoms with van der Waals surface area (Å²) in [6.07, 6.45) is 1.55. The highest BCUT2D eigenvalue weighted by Crippen LogP contribution is 2.16. The molecule has 0 amide bonds. The average molecular weight is 317 g/mol. The Bertz CT molecular complexity index is 583. The Labute approximate surface area is 124 Å². The minimum atomic E-state index is -3.50. The molecule has 0 radical (unpaired) electrons. The van der Waals surface area contributed by atoms with E-state index in [1.807, 2.05) is 0 Å². The van der Waals surface area contributed by atoms with Crippen LogP contribution in [0.1, 0.15) is 5.82 Å². The summed E-state index contributed by atoms with van der Waals surface area (Å²) < 4.78 is 28.1. The zero-order chi connectivity index (χ0) is 14.9. The molecule has 1 aliphatic heterocycles. The summed E-state index contributed by atoms with van der Waals surface area (Å²) in [6.45, 7) is 4.43. The summed E-state index contributed by atoms with van der Waals surface area (Å²) in [4.78, 5) is 6.59. The van der Waals surface area contributed by atoms with Crippen LogP contribution in [0, 0.1) is 6.92 Å². The minimum absolute atomic E-state index is 0.111. The van der Waals surface area contributed by atoms with Crippen molar-refractivity contribution in [1.29, 1.82) is 0 Å². The molecule has 0 saturated carbocycles. The van der Waals surface area contributed by atoms with E-state index in [1.165, 1.54) is 4.31 Å². The zero-order valence-corrected chi connectivity index (χ0v) is 13.2. The van der Waals surface area contributed by atoms with Gasteiger partial charge in [-0.05, 0) is 6.92 Å². The number of hydrogen-bond acceptors (Lipinski definition) is 5. The third-order valence-electron chi connectivity index (χ3n) is 3.40. The highest BCUT2D eigenvalue weighted by molar-refractivity contribution is 7.89. The number of thiocarbonyl (C=S) groups is 1. The third kappa shape index (κ3) is 3.17. The van der Waals surface area contributed by atoms with Gasteiger partial charge in [-0.25, -0.2) is 13.4 Å². The van der Waals surface area contributed by atoms with E-state index in [0.717, 1.165) is 0 Å². The maximum Gasteiger partial charge on any atom is 0.262 e. The van der Waals surface area contributed by atoms with E-state index in [-0.39, 0.29) is 5.03 Å².